The molecule has 0 aliphatic heterocycles. The van der Waals surface area contributed by atoms with E-state index in [1.165, 1.54) is 11.1 Å². The third-order valence-corrected chi connectivity index (χ3v) is 3.50. The van der Waals surface area contributed by atoms with Gasteiger partial charge in [-0.1, -0.05) is 42.5 Å². The zero-order valence-electron chi connectivity index (χ0n) is 12.9. The molecule has 2 N–H and O–H groups in total. The van der Waals surface area contributed by atoms with E-state index in [-0.39, 0.29) is 12.5 Å². The molecule has 4 nitrogen and oxygen atoms in total. The number of nitrogens with zero attached hydrogens (tertiary/aromatic N) is 1. The molecule has 0 aromatic heterocycles. The van der Waals surface area contributed by atoms with Crippen LogP contribution >= 0.6 is 0 Å². The molecule has 0 bridgehead atoms. The molecule has 116 valence electrons. The van der Waals surface area contributed by atoms with E-state index >= 15 is 0 Å². The van der Waals surface area contributed by atoms with E-state index in [0.29, 0.717) is 0 Å². The number of hydrogen-bond donors (Lipinski definition) is 1. The largest absolute Gasteiger partial charge is 0.497 e. The summed E-state index contributed by atoms with van der Waals surface area (Å²) in [5, 5.41) is 0. The van der Waals surface area contributed by atoms with Crippen molar-refractivity contribution in [3.8, 4) is 5.75 Å². The Morgan fingerprint density at radius 2 is 1.73 bits per heavy atom. The lowest BCUT2D eigenvalue weighted by Gasteiger charge is -2.21. The van der Waals surface area contributed by atoms with E-state index in [9.17, 15) is 4.79 Å². The minimum absolute atomic E-state index is 0.269. The van der Waals surface area contributed by atoms with E-state index in [0.717, 1.165) is 25.3 Å². The van der Waals surface area contributed by atoms with Crippen LogP contribution in [0.3, 0.4) is 0 Å². The third kappa shape index (κ3) is 5.22. The van der Waals surface area contributed by atoms with Gasteiger partial charge in [0.1, 0.15) is 5.75 Å². The Balaban J connectivity index is 1.95. The van der Waals surface area contributed by atoms with Crippen LogP contribution in [0.2, 0.25) is 0 Å². The Hall–Kier alpha value is -2.33. The van der Waals surface area contributed by atoms with Crippen LogP contribution in [0, 0.1) is 0 Å². The minimum atomic E-state index is -0.300. The van der Waals surface area contributed by atoms with Crippen molar-refractivity contribution >= 4 is 5.91 Å². The molecule has 0 spiro atoms. The average Bonchev–Trinajstić information content (AvgIpc) is 2.53. The molecule has 2 aromatic carbocycles. The molecule has 0 unspecified atom stereocenters. The summed E-state index contributed by atoms with van der Waals surface area (Å²) in [7, 11) is 1.66. The molecular weight excluding hydrogens is 276 g/mol. The quantitative estimate of drug-likeness (QED) is 0.813. The number of carbonyl (C=O) groups excluding carboxylic acids is 1. The number of rotatable bonds is 8. The zero-order chi connectivity index (χ0) is 15.8. The molecule has 2 aromatic rings. The predicted octanol–water partition coefficient (Wildman–Crippen LogP) is 2.23. The summed E-state index contributed by atoms with van der Waals surface area (Å²) in [6.45, 7) is 1.77. The Kier molecular flexibility index (Phi) is 5.98. The number of ether oxygens (including phenoxy) is 1. The Labute approximate surface area is 131 Å². The van der Waals surface area contributed by atoms with Crippen molar-refractivity contribution in [3.05, 3.63) is 65.7 Å². The summed E-state index contributed by atoms with van der Waals surface area (Å²) in [5.74, 6) is 0.549. The fourth-order valence-electron chi connectivity index (χ4n) is 2.36. The maximum atomic E-state index is 11.3. The monoisotopic (exact) mass is 298 g/mol. The van der Waals surface area contributed by atoms with Gasteiger partial charge in [-0.05, 0) is 29.7 Å². The number of primary amides is 1. The van der Waals surface area contributed by atoms with Crippen molar-refractivity contribution in [1.82, 2.24) is 4.90 Å². The zero-order valence-corrected chi connectivity index (χ0v) is 12.9. The van der Waals surface area contributed by atoms with Crippen LogP contribution in [0.1, 0.15) is 11.1 Å². The highest BCUT2D eigenvalue weighted by Gasteiger charge is 2.09. The highest BCUT2D eigenvalue weighted by atomic mass is 16.5. The Bertz CT molecular complexity index is 582. The average molecular weight is 298 g/mol. The van der Waals surface area contributed by atoms with Gasteiger partial charge < -0.3 is 10.5 Å². The highest BCUT2D eigenvalue weighted by Crippen LogP contribution is 2.12. The van der Waals surface area contributed by atoms with Crippen molar-refractivity contribution in [2.24, 2.45) is 5.73 Å². The number of benzene rings is 2. The molecule has 0 radical (unpaired) electrons. The van der Waals surface area contributed by atoms with Crippen molar-refractivity contribution in [2.45, 2.75) is 13.0 Å². The fraction of sp³-hybridized carbons (Fsp3) is 0.278. The van der Waals surface area contributed by atoms with E-state index in [4.69, 9.17) is 10.5 Å². The van der Waals surface area contributed by atoms with Gasteiger partial charge in [0.05, 0.1) is 13.7 Å². The second-order valence-corrected chi connectivity index (χ2v) is 5.26. The molecule has 0 heterocycles. The maximum Gasteiger partial charge on any atom is 0.231 e. The molecule has 1 amide bonds. The second-order valence-electron chi connectivity index (χ2n) is 5.26. The summed E-state index contributed by atoms with van der Waals surface area (Å²) in [5.41, 5.74) is 7.75. The van der Waals surface area contributed by atoms with Crippen LogP contribution in [0.25, 0.3) is 0 Å². The molecule has 0 atom stereocenters. The van der Waals surface area contributed by atoms with E-state index < -0.39 is 0 Å². The maximum absolute atomic E-state index is 11.3. The topological polar surface area (TPSA) is 55.6 Å². The molecule has 0 aliphatic carbocycles. The van der Waals surface area contributed by atoms with Crippen LogP contribution < -0.4 is 10.5 Å². The van der Waals surface area contributed by atoms with E-state index in [1.807, 2.05) is 42.5 Å². The summed E-state index contributed by atoms with van der Waals surface area (Å²) in [6, 6.07) is 18.1. The molecule has 0 aliphatic rings. The standard InChI is InChI=1S/C18H22N2O2/c1-22-17-9-7-15(8-10-17)11-12-20(14-18(19)21)13-16-5-3-2-4-6-16/h2-10H,11-14H2,1H3,(H2,19,21). The predicted molar refractivity (Wildman–Crippen MR) is 87.6 cm³/mol. The van der Waals surface area contributed by atoms with Gasteiger partial charge in [-0.15, -0.1) is 0 Å². The van der Waals surface area contributed by atoms with Gasteiger partial charge in [-0.2, -0.15) is 0 Å². The lowest BCUT2D eigenvalue weighted by molar-refractivity contribution is -0.119. The van der Waals surface area contributed by atoms with Crippen molar-refractivity contribution < 1.29 is 9.53 Å². The van der Waals surface area contributed by atoms with Gasteiger partial charge in [0.15, 0.2) is 0 Å². The van der Waals surface area contributed by atoms with Crippen LogP contribution in [0.5, 0.6) is 5.75 Å². The number of methoxy groups -OCH3 is 1. The second kappa shape index (κ2) is 8.20. The molecule has 0 fully saturated rings. The Morgan fingerprint density at radius 1 is 1.05 bits per heavy atom. The molecular formula is C18H22N2O2. The summed E-state index contributed by atoms with van der Waals surface area (Å²) in [6.07, 6.45) is 0.865. The van der Waals surface area contributed by atoms with Gasteiger partial charge in [0.2, 0.25) is 5.91 Å². The van der Waals surface area contributed by atoms with Crippen LogP contribution in [-0.2, 0) is 17.8 Å². The first-order valence-corrected chi connectivity index (χ1v) is 7.35. The summed E-state index contributed by atoms with van der Waals surface area (Å²) < 4.78 is 5.15. The van der Waals surface area contributed by atoms with Gasteiger partial charge >= 0.3 is 0 Å². The lowest BCUT2D eigenvalue weighted by Crippen LogP contribution is -2.34. The fourth-order valence-corrected chi connectivity index (χ4v) is 2.36. The molecule has 0 saturated heterocycles. The Morgan fingerprint density at radius 3 is 2.32 bits per heavy atom. The van der Waals surface area contributed by atoms with E-state index in [1.54, 1.807) is 7.11 Å². The summed E-state index contributed by atoms with van der Waals surface area (Å²) in [4.78, 5) is 13.3. The number of amides is 1. The van der Waals surface area contributed by atoms with Crippen molar-refractivity contribution in [2.75, 3.05) is 20.2 Å². The first-order chi connectivity index (χ1) is 10.7. The van der Waals surface area contributed by atoms with Gasteiger partial charge in [0, 0.05) is 13.1 Å². The van der Waals surface area contributed by atoms with Gasteiger partial charge in [0.25, 0.3) is 0 Å². The van der Waals surface area contributed by atoms with Crippen LogP contribution in [-0.4, -0.2) is 31.0 Å². The molecule has 4 heteroatoms. The van der Waals surface area contributed by atoms with Crippen LogP contribution in [0.4, 0.5) is 0 Å². The number of nitrogens with two attached hydrogens (primary N) is 1. The van der Waals surface area contributed by atoms with E-state index in [2.05, 4.69) is 17.0 Å². The molecule has 0 saturated carbocycles. The minimum Gasteiger partial charge on any atom is -0.497 e. The number of carbonyl (C=O) groups is 1. The molecule has 22 heavy (non-hydrogen) atoms. The highest BCUT2D eigenvalue weighted by molar-refractivity contribution is 5.75. The SMILES string of the molecule is COc1ccc(CCN(CC(N)=O)Cc2ccccc2)cc1. The van der Waals surface area contributed by atoms with Gasteiger partial charge in [-0.3, -0.25) is 9.69 Å². The third-order valence-electron chi connectivity index (χ3n) is 3.50. The van der Waals surface area contributed by atoms with Crippen LogP contribution in [0.15, 0.2) is 54.6 Å². The van der Waals surface area contributed by atoms with Gasteiger partial charge in [-0.25, -0.2) is 0 Å². The number of hydrogen-bond acceptors (Lipinski definition) is 3. The normalized spacial score (nSPS) is 10.6. The lowest BCUT2D eigenvalue weighted by atomic mass is 10.1. The first-order valence-electron chi connectivity index (χ1n) is 7.35. The first kappa shape index (κ1) is 16.0. The molecule has 2 rings (SSSR count). The summed E-state index contributed by atoms with van der Waals surface area (Å²) >= 11 is 0. The van der Waals surface area contributed by atoms with Crippen molar-refractivity contribution in [3.63, 3.8) is 0 Å². The van der Waals surface area contributed by atoms with Crippen molar-refractivity contribution in [1.29, 1.82) is 0 Å². The smallest absolute Gasteiger partial charge is 0.231 e.